The third-order valence-corrected chi connectivity index (χ3v) is 5.85. The molecule has 2 aromatic rings. The Morgan fingerprint density at radius 2 is 1.65 bits per heavy atom. The van der Waals surface area contributed by atoms with Crippen molar-refractivity contribution in [1.82, 2.24) is 0 Å². The molecule has 0 aromatic heterocycles. The Bertz CT molecular complexity index is 582. The molecule has 2 aromatic carbocycles. The molecule has 0 heterocycles. The molecule has 0 fully saturated rings. The Labute approximate surface area is 108 Å². The third kappa shape index (κ3) is 1.74. The lowest BCUT2D eigenvalue weighted by Crippen LogP contribution is -2.37. The molecule has 0 amide bonds. The Balaban J connectivity index is 2.24. The molecule has 0 saturated heterocycles. The van der Waals surface area contributed by atoms with E-state index in [0.717, 1.165) is 6.42 Å². The number of rotatable bonds is 1. The van der Waals surface area contributed by atoms with Crippen molar-refractivity contribution in [1.29, 1.82) is 0 Å². The molecule has 0 saturated carbocycles. The second-order valence-corrected chi connectivity index (χ2v) is 11.5. The first kappa shape index (κ1) is 11.1. The fourth-order valence-electron chi connectivity index (χ4n) is 2.71. The quantitative estimate of drug-likeness (QED) is 0.459. The summed E-state index contributed by atoms with van der Waals surface area (Å²) in [5.41, 5.74) is 5.67. The van der Waals surface area contributed by atoms with Gasteiger partial charge in [-0.1, -0.05) is 55.6 Å². The Kier molecular flexibility index (Phi) is 2.42. The van der Waals surface area contributed by atoms with Gasteiger partial charge in [-0.25, -0.2) is 0 Å². The van der Waals surface area contributed by atoms with E-state index in [9.17, 15) is 0 Å². The van der Waals surface area contributed by atoms with Crippen LogP contribution in [0.15, 0.2) is 42.5 Å². The van der Waals surface area contributed by atoms with Gasteiger partial charge in [-0.2, -0.15) is 11.1 Å². The van der Waals surface area contributed by atoms with Crippen LogP contribution < -0.4 is 5.19 Å². The minimum Gasteiger partial charge on any atom is -0.162 e. The monoisotopic (exact) mass is 258 g/mol. The second-order valence-electron chi connectivity index (χ2n) is 5.14. The highest BCUT2D eigenvalue weighted by molar-refractivity contribution is 7.26. The number of fused-ring (bicyclic) bond motifs is 3. The lowest BCUT2D eigenvalue weighted by molar-refractivity contribution is 1.28. The van der Waals surface area contributed by atoms with Crippen molar-refractivity contribution in [3.63, 3.8) is 0 Å². The van der Waals surface area contributed by atoms with E-state index in [1.54, 1.807) is 0 Å². The first-order valence-corrected chi connectivity index (χ1v) is 9.98. The van der Waals surface area contributed by atoms with E-state index in [1.807, 2.05) is 0 Å². The number of benzene rings is 2. The molecule has 0 radical (unpaired) electrons. The lowest BCUT2D eigenvalue weighted by atomic mass is 10.1. The summed E-state index contributed by atoms with van der Waals surface area (Å²) in [7, 11) is -1.76. The maximum Gasteiger partial charge on any atom is 0.181 e. The Hall–Kier alpha value is -1.05. The molecule has 3 rings (SSSR count). The minimum atomic E-state index is -1.76. The van der Waals surface area contributed by atoms with Crippen LogP contribution in [0.3, 0.4) is 0 Å². The van der Waals surface area contributed by atoms with Gasteiger partial charge in [-0.3, -0.25) is 0 Å². The molecule has 0 bridgehead atoms. The summed E-state index contributed by atoms with van der Waals surface area (Å²) in [4.78, 5) is 0. The Morgan fingerprint density at radius 1 is 0.941 bits per heavy atom. The van der Waals surface area contributed by atoms with Gasteiger partial charge in [-0.15, -0.1) is 0 Å². The van der Waals surface area contributed by atoms with Gasteiger partial charge in [0.1, 0.15) is 0 Å². The van der Waals surface area contributed by atoms with Crippen LogP contribution in [0.25, 0.3) is 11.1 Å². The van der Waals surface area contributed by atoms with Crippen molar-refractivity contribution < 1.29 is 0 Å². The van der Waals surface area contributed by atoms with Gasteiger partial charge in [0.25, 0.3) is 0 Å². The standard InChI is InChI=1S/C15H15ClSi/c1-17(2,16)15-9-5-8-13-12-7-4-3-6-11(12)10-14(13)15/h3-9H,10H2,1-2H3. The Morgan fingerprint density at radius 3 is 2.41 bits per heavy atom. The maximum absolute atomic E-state index is 6.62. The number of halogens is 1. The summed E-state index contributed by atoms with van der Waals surface area (Å²) in [6.45, 7) is 4.40. The zero-order chi connectivity index (χ0) is 12.0. The smallest absolute Gasteiger partial charge is 0.162 e. The first-order valence-electron chi connectivity index (χ1n) is 5.97. The molecule has 0 atom stereocenters. The molecule has 0 spiro atoms. The highest BCUT2D eigenvalue weighted by Gasteiger charge is 2.28. The van der Waals surface area contributed by atoms with E-state index in [1.165, 1.54) is 27.4 Å². The van der Waals surface area contributed by atoms with Crippen LogP contribution in [0, 0.1) is 0 Å². The molecule has 0 unspecified atom stereocenters. The minimum absolute atomic E-state index is 1.05. The van der Waals surface area contributed by atoms with Crippen molar-refractivity contribution in [2.24, 2.45) is 0 Å². The SMILES string of the molecule is C[Si](C)(Cl)c1cccc2c1Cc1ccccc1-2. The van der Waals surface area contributed by atoms with Gasteiger partial charge in [0.05, 0.1) is 0 Å². The van der Waals surface area contributed by atoms with Gasteiger partial charge in [0.15, 0.2) is 7.38 Å². The van der Waals surface area contributed by atoms with Gasteiger partial charge >= 0.3 is 0 Å². The molecule has 1 aliphatic carbocycles. The van der Waals surface area contributed by atoms with E-state index in [2.05, 4.69) is 55.6 Å². The molecule has 17 heavy (non-hydrogen) atoms. The van der Waals surface area contributed by atoms with Crippen LogP contribution in [0.5, 0.6) is 0 Å². The molecular formula is C15H15ClSi. The number of hydrogen-bond acceptors (Lipinski definition) is 0. The molecule has 2 heteroatoms. The van der Waals surface area contributed by atoms with E-state index in [0.29, 0.717) is 0 Å². The summed E-state index contributed by atoms with van der Waals surface area (Å²) in [5.74, 6) is 0. The van der Waals surface area contributed by atoms with Crippen LogP contribution in [0.4, 0.5) is 0 Å². The van der Waals surface area contributed by atoms with E-state index in [-0.39, 0.29) is 0 Å². The van der Waals surface area contributed by atoms with Crippen LogP contribution in [0.2, 0.25) is 13.1 Å². The predicted octanol–water partition coefficient (Wildman–Crippen LogP) is 3.91. The zero-order valence-electron chi connectivity index (χ0n) is 10.1. The van der Waals surface area contributed by atoms with Crippen LogP contribution in [-0.2, 0) is 6.42 Å². The van der Waals surface area contributed by atoms with Gasteiger partial charge in [-0.05, 0) is 33.9 Å². The maximum atomic E-state index is 6.62. The summed E-state index contributed by atoms with van der Waals surface area (Å²) in [6, 6.07) is 15.3. The van der Waals surface area contributed by atoms with Crippen molar-refractivity contribution >= 4 is 23.6 Å². The summed E-state index contributed by atoms with van der Waals surface area (Å²) in [6.07, 6.45) is 1.05. The van der Waals surface area contributed by atoms with Crippen LogP contribution in [0.1, 0.15) is 11.1 Å². The average Bonchev–Trinajstić information content (AvgIpc) is 2.65. The topological polar surface area (TPSA) is 0 Å². The summed E-state index contributed by atoms with van der Waals surface area (Å²) < 4.78 is 0. The van der Waals surface area contributed by atoms with Gasteiger partial charge < -0.3 is 0 Å². The third-order valence-electron chi connectivity index (χ3n) is 3.49. The second kappa shape index (κ2) is 3.72. The highest BCUT2D eigenvalue weighted by Crippen LogP contribution is 2.36. The molecule has 0 aliphatic heterocycles. The predicted molar refractivity (Wildman–Crippen MR) is 77.7 cm³/mol. The van der Waals surface area contributed by atoms with Crippen LogP contribution >= 0.6 is 11.1 Å². The fourth-order valence-corrected chi connectivity index (χ4v) is 4.68. The van der Waals surface area contributed by atoms with Crippen LogP contribution in [-0.4, -0.2) is 7.38 Å². The largest absolute Gasteiger partial charge is 0.181 e. The molecule has 0 nitrogen and oxygen atoms in total. The van der Waals surface area contributed by atoms with Crippen molar-refractivity contribution in [2.45, 2.75) is 19.5 Å². The lowest BCUT2D eigenvalue weighted by Gasteiger charge is -2.17. The van der Waals surface area contributed by atoms with Gasteiger partial charge in [0.2, 0.25) is 0 Å². The zero-order valence-corrected chi connectivity index (χ0v) is 11.9. The average molecular weight is 259 g/mol. The molecule has 86 valence electrons. The van der Waals surface area contributed by atoms with Gasteiger partial charge in [0, 0.05) is 0 Å². The summed E-state index contributed by atoms with van der Waals surface area (Å²) >= 11 is 6.62. The van der Waals surface area contributed by atoms with E-state index >= 15 is 0 Å². The van der Waals surface area contributed by atoms with E-state index in [4.69, 9.17) is 11.1 Å². The first-order chi connectivity index (χ1) is 8.07. The van der Waals surface area contributed by atoms with Crippen molar-refractivity contribution in [3.8, 4) is 11.1 Å². The summed E-state index contributed by atoms with van der Waals surface area (Å²) in [5, 5.41) is 1.40. The van der Waals surface area contributed by atoms with Crippen molar-refractivity contribution in [3.05, 3.63) is 53.6 Å². The molecular weight excluding hydrogens is 244 g/mol. The highest BCUT2D eigenvalue weighted by atomic mass is 35.6. The van der Waals surface area contributed by atoms with E-state index < -0.39 is 7.38 Å². The molecule has 0 N–H and O–H groups in total. The number of hydrogen-bond donors (Lipinski definition) is 0. The van der Waals surface area contributed by atoms with Crippen molar-refractivity contribution in [2.75, 3.05) is 0 Å². The normalized spacial score (nSPS) is 13.4. The molecule has 1 aliphatic rings. The fraction of sp³-hybridized carbons (Fsp3) is 0.200.